The van der Waals surface area contributed by atoms with Gasteiger partial charge in [-0.1, -0.05) is 30.3 Å². The maximum absolute atomic E-state index is 12.2. The number of amides is 1. The Hall–Kier alpha value is -2.66. The normalized spacial score (nSPS) is 14.0. The van der Waals surface area contributed by atoms with Crippen LogP contribution in [0.25, 0.3) is 22.4 Å². The summed E-state index contributed by atoms with van der Waals surface area (Å²) >= 11 is 0. The third-order valence-corrected chi connectivity index (χ3v) is 4.08. The van der Waals surface area contributed by atoms with Crippen molar-refractivity contribution in [3.05, 3.63) is 53.6 Å². The minimum atomic E-state index is -0.0331. The van der Waals surface area contributed by atoms with Gasteiger partial charge >= 0.3 is 0 Å². The van der Waals surface area contributed by atoms with Gasteiger partial charge in [-0.3, -0.25) is 4.79 Å². The number of para-hydroxylation sites is 1. The van der Waals surface area contributed by atoms with E-state index in [2.05, 4.69) is 9.88 Å². The summed E-state index contributed by atoms with van der Waals surface area (Å²) in [5, 5.41) is 2.93. The van der Waals surface area contributed by atoms with E-state index in [4.69, 9.17) is 10.7 Å². The zero-order valence-electron chi connectivity index (χ0n) is 12.0. The third-order valence-electron chi connectivity index (χ3n) is 4.08. The molecule has 0 aliphatic carbocycles. The second-order valence-electron chi connectivity index (χ2n) is 5.42. The molecule has 5 nitrogen and oxygen atoms in total. The Balaban J connectivity index is 1.96. The maximum atomic E-state index is 12.2. The molecule has 4 rings (SSSR count). The first-order chi connectivity index (χ1) is 10.8. The minimum absolute atomic E-state index is 0.0331. The van der Waals surface area contributed by atoms with Crippen LogP contribution in [0.15, 0.2) is 42.5 Å². The fourth-order valence-corrected chi connectivity index (χ4v) is 2.97. The summed E-state index contributed by atoms with van der Waals surface area (Å²) in [4.78, 5) is 16.9. The van der Waals surface area contributed by atoms with E-state index in [1.54, 1.807) is 0 Å². The van der Waals surface area contributed by atoms with Crippen LogP contribution in [0.3, 0.4) is 0 Å². The Labute approximate surface area is 127 Å². The quantitative estimate of drug-likeness (QED) is 0.757. The largest absolute Gasteiger partial charge is 0.350 e. The zero-order valence-corrected chi connectivity index (χ0v) is 12.0. The minimum Gasteiger partial charge on any atom is -0.350 e. The molecule has 5 heteroatoms. The number of nitrogens with zero attached hydrogens (tertiary/aromatic N) is 2. The van der Waals surface area contributed by atoms with Crippen molar-refractivity contribution in [2.45, 2.75) is 13.1 Å². The van der Waals surface area contributed by atoms with Crippen LogP contribution in [0.2, 0.25) is 0 Å². The standard InChI is InChI=1S/C17H16N4O/c18-10-11-4-6-12(7-5-11)16-20-14-3-1-2-13-15(14)21(16)9-8-19-17(13)22/h1-7H,8-10,18H2,(H,19,22). The highest BCUT2D eigenvalue weighted by Gasteiger charge is 2.21. The van der Waals surface area contributed by atoms with Gasteiger partial charge in [0.25, 0.3) is 5.91 Å². The van der Waals surface area contributed by atoms with Crippen molar-refractivity contribution in [2.24, 2.45) is 5.73 Å². The number of rotatable bonds is 2. The van der Waals surface area contributed by atoms with E-state index >= 15 is 0 Å². The summed E-state index contributed by atoms with van der Waals surface area (Å²) in [6, 6.07) is 13.8. The first-order valence-corrected chi connectivity index (χ1v) is 7.35. The van der Waals surface area contributed by atoms with Crippen LogP contribution in [0, 0.1) is 0 Å². The molecule has 3 N–H and O–H groups in total. The highest BCUT2D eigenvalue weighted by Crippen LogP contribution is 2.28. The van der Waals surface area contributed by atoms with Gasteiger partial charge in [0.1, 0.15) is 5.82 Å². The van der Waals surface area contributed by atoms with E-state index in [9.17, 15) is 4.79 Å². The number of nitrogens with one attached hydrogen (secondary N) is 1. The van der Waals surface area contributed by atoms with Crippen molar-refractivity contribution in [2.75, 3.05) is 6.54 Å². The number of benzene rings is 2. The van der Waals surface area contributed by atoms with Crippen LogP contribution in [0.4, 0.5) is 0 Å². The Morgan fingerprint density at radius 3 is 2.77 bits per heavy atom. The lowest BCUT2D eigenvalue weighted by Gasteiger charge is -2.07. The number of nitrogens with two attached hydrogens (primary N) is 1. The van der Waals surface area contributed by atoms with E-state index in [-0.39, 0.29) is 5.91 Å². The molecule has 0 saturated heterocycles. The zero-order chi connectivity index (χ0) is 15.1. The van der Waals surface area contributed by atoms with Crippen molar-refractivity contribution >= 4 is 16.9 Å². The van der Waals surface area contributed by atoms with Gasteiger partial charge in [-0.25, -0.2) is 4.98 Å². The molecule has 110 valence electrons. The number of hydrogen-bond acceptors (Lipinski definition) is 3. The Morgan fingerprint density at radius 2 is 2.00 bits per heavy atom. The fourth-order valence-electron chi connectivity index (χ4n) is 2.97. The lowest BCUT2D eigenvalue weighted by molar-refractivity contribution is 0.0956. The average molecular weight is 292 g/mol. The lowest BCUT2D eigenvalue weighted by atomic mass is 10.1. The number of hydrogen-bond donors (Lipinski definition) is 2. The van der Waals surface area contributed by atoms with Crippen LogP contribution in [0.5, 0.6) is 0 Å². The van der Waals surface area contributed by atoms with Crippen LogP contribution in [0.1, 0.15) is 15.9 Å². The second kappa shape index (κ2) is 4.96. The topological polar surface area (TPSA) is 72.9 Å². The molecule has 1 aliphatic rings. The molecule has 22 heavy (non-hydrogen) atoms. The highest BCUT2D eigenvalue weighted by molar-refractivity contribution is 6.06. The first-order valence-electron chi connectivity index (χ1n) is 7.35. The van der Waals surface area contributed by atoms with E-state index in [0.717, 1.165) is 28.0 Å². The molecule has 1 aliphatic heterocycles. The molecule has 0 bridgehead atoms. The Morgan fingerprint density at radius 1 is 1.18 bits per heavy atom. The van der Waals surface area contributed by atoms with E-state index in [0.29, 0.717) is 25.2 Å². The molecular weight excluding hydrogens is 276 g/mol. The summed E-state index contributed by atoms with van der Waals surface area (Å²) in [7, 11) is 0. The van der Waals surface area contributed by atoms with E-state index in [1.165, 1.54) is 0 Å². The van der Waals surface area contributed by atoms with Gasteiger partial charge in [0.05, 0.1) is 16.6 Å². The maximum Gasteiger partial charge on any atom is 0.253 e. The monoisotopic (exact) mass is 292 g/mol. The number of carbonyl (C=O) groups is 1. The molecule has 0 unspecified atom stereocenters. The van der Waals surface area contributed by atoms with Crippen molar-refractivity contribution < 1.29 is 4.79 Å². The highest BCUT2D eigenvalue weighted by atomic mass is 16.1. The molecule has 0 saturated carbocycles. The van der Waals surface area contributed by atoms with Crippen LogP contribution in [-0.4, -0.2) is 22.0 Å². The first kappa shape index (κ1) is 13.0. The van der Waals surface area contributed by atoms with Crippen LogP contribution in [-0.2, 0) is 13.1 Å². The van der Waals surface area contributed by atoms with Crippen molar-refractivity contribution in [1.29, 1.82) is 0 Å². The van der Waals surface area contributed by atoms with Crippen molar-refractivity contribution in [3.8, 4) is 11.4 Å². The summed E-state index contributed by atoms with van der Waals surface area (Å²) in [6.45, 7) is 1.85. The third kappa shape index (κ3) is 1.90. The summed E-state index contributed by atoms with van der Waals surface area (Å²) in [5.41, 5.74) is 10.2. The fraction of sp³-hybridized carbons (Fsp3) is 0.176. The Bertz CT molecular complexity index is 864. The predicted octanol–water partition coefficient (Wildman–Crippen LogP) is 1.91. The molecule has 2 heterocycles. The second-order valence-corrected chi connectivity index (χ2v) is 5.42. The summed E-state index contributed by atoms with van der Waals surface area (Å²) < 4.78 is 2.13. The smallest absolute Gasteiger partial charge is 0.253 e. The van der Waals surface area contributed by atoms with Gasteiger partial charge in [-0.05, 0) is 17.7 Å². The lowest BCUT2D eigenvalue weighted by Crippen LogP contribution is -2.24. The molecule has 0 radical (unpaired) electrons. The number of imidazole rings is 1. The van der Waals surface area contributed by atoms with Gasteiger partial charge in [0, 0.05) is 25.2 Å². The van der Waals surface area contributed by atoms with Crippen molar-refractivity contribution in [1.82, 2.24) is 14.9 Å². The summed E-state index contributed by atoms with van der Waals surface area (Å²) in [6.07, 6.45) is 0. The molecule has 0 spiro atoms. The average Bonchev–Trinajstić information content (AvgIpc) is 2.84. The van der Waals surface area contributed by atoms with Crippen LogP contribution >= 0.6 is 0 Å². The van der Waals surface area contributed by atoms with Crippen LogP contribution < -0.4 is 11.1 Å². The molecule has 0 atom stereocenters. The molecular formula is C17H16N4O. The van der Waals surface area contributed by atoms with Gasteiger partial charge < -0.3 is 15.6 Å². The molecule has 2 aromatic carbocycles. The number of aromatic nitrogens is 2. The predicted molar refractivity (Wildman–Crippen MR) is 85.4 cm³/mol. The number of carbonyl (C=O) groups excluding carboxylic acids is 1. The molecule has 1 amide bonds. The van der Waals surface area contributed by atoms with Gasteiger partial charge in [-0.2, -0.15) is 0 Å². The van der Waals surface area contributed by atoms with Gasteiger partial charge in [-0.15, -0.1) is 0 Å². The molecule has 3 aromatic rings. The molecule has 0 fully saturated rings. The SMILES string of the molecule is NCc1ccc(-c2nc3cccc4c3n2CCNC4=O)cc1. The van der Waals surface area contributed by atoms with Crippen molar-refractivity contribution in [3.63, 3.8) is 0 Å². The van der Waals surface area contributed by atoms with Gasteiger partial charge in [0.2, 0.25) is 0 Å². The summed E-state index contributed by atoms with van der Waals surface area (Å²) in [5.74, 6) is 0.858. The molecule has 1 aromatic heterocycles. The van der Waals surface area contributed by atoms with E-state index in [1.807, 2.05) is 42.5 Å². The van der Waals surface area contributed by atoms with Gasteiger partial charge in [0.15, 0.2) is 0 Å². The Kier molecular flexibility index (Phi) is 2.94. The van der Waals surface area contributed by atoms with E-state index < -0.39 is 0 Å².